The first-order valence-electron chi connectivity index (χ1n) is 28.7. The normalized spacial score (nSPS) is 26.1. The number of nitrogen functional groups attached to an aromatic ring is 3. The van der Waals surface area contributed by atoms with Crippen LogP contribution >= 0.6 is 23.5 Å². The summed E-state index contributed by atoms with van der Waals surface area (Å²) in [6.07, 6.45) is 9.30. The van der Waals surface area contributed by atoms with Gasteiger partial charge in [-0.05, 0) is 57.1 Å². The van der Waals surface area contributed by atoms with E-state index in [9.17, 15) is 43.1 Å². The van der Waals surface area contributed by atoms with Crippen molar-refractivity contribution in [1.82, 2.24) is 58.6 Å². The number of anilines is 3. The molecule has 91 heavy (non-hydrogen) atoms. The van der Waals surface area contributed by atoms with Crippen molar-refractivity contribution in [2.45, 2.75) is 141 Å². The lowest BCUT2D eigenvalue weighted by Crippen LogP contribution is -2.23. The van der Waals surface area contributed by atoms with Crippen molar-refractivity contribution < 1.29 is 89.2 Å². The van der Waals surface area contributed by atoms with Crippen molar-refractivity contribution in [2.75, 3.05) is 43.6 Å². The molecule has 10 N–H and O–H groups in total. The van der Waals surface area contributed by atoms with Crippen molar-refractivity contribution in [1.29, 1.82) is 0 Å². The number of esters is 1. The zero-order chi connectivity index (χ0) is 65.0. The van der Waals surface area contributed by atoms with Gasteiger partial charge in [-0.25, -0.2) is 58.6 Å². The first kappa shape index (κ1) is 66.8. The Bertz CT molecular complexity index is 3980. The summed E-state index contributed by atoms with van der Waals surface area (Å²) in [7, 11) is -15.6. The molecule has 3 fully saturated rings. The molecule has 6 aromatic heterocycles. The molecule has 490 valence electrons. The van der Waals surface area contributed by atoms with Gasteiger partial charge in [-0.1, -0.05) is 60.9 Å². The number of rotatable bonds is 26. The number of phosphoric ester groups is 3. The molecule has 3 aliphatic heterocycles. The van der Waals surface area contributed by atoms with Crippen molar-refractivity contribution in [3.63, 3.8) is 0 Å². The number of phosphoric acid groups is 3. The van der Waals surface area contributed by atoms with Crippen LogP contribution in [0.4, 0.5) is 17.5 Å². The van der Waals surface area contributed by atoms with Gasteiger partial charge < -0.3 is 55.6 Å². The molecule has 12 atom stereocenters. The van der Waals surface area contributed by atoms with Crippen molar-refractivity contribution in [3.05, 3.63) is 96.7 Å². The highest BCUT2D eigenvalue weighted by atomic mass is 31.2. The molecule has 34 nitrogen and oxygen atoms in total. The van der Waals surface area contributed by atoms with E-state index < -0.39 is 123 Å². The number of hydrogen-bond acceptors (Lipinski definition) is 28. The minimum atomic E-state index is -5.33. The Morgan fingerprint density at radius 1 is 0.648 bits per heavy atom. The van der Waals surface area contributed by atoms with Gasteiger partial charge in [0.15, 0.2) is 53.1 Å². The van der Waals surface area contributed by atoms with Crippen molar-refractivity contribution in [3.8, 4) is 0 Å². The lowest BCUT2D eigenvalue weighted by molar-refractivity contribution is -0.146. The summed E-state index contributed by atoms with van der Waals surface area (Å²) in [5.41, 5.74) is 23.7. The molecule has 4 aliphatic rings. The Balaban J connectivity index is 0.753. The summed E-state index contributed by atoms with van der Waals surface area (Å²) < 4.78 is 102. The predicted octanol–water partition coefficient (Wildman–Crippen LogP) is 6.00. The first-order chi connectivity index (χ1) is 43.3. The SMILES string of the molecule is CC1=C(/C=C/C(C)=C/C=C/C(C)=C/COC(=O)CCC(=O)OP(=O)(O)O[C@@H]2C[C@@H](COP(=O)(O)O[C@@H]3C[C@@H](COP(=O)(O)O[C@@H]4C[C@@H](CO)O[C@H]4n4cnc5c(N)ncnc54)O[C@H]3n3cnc4c(N)ncnc43)O[C@H]2n2cnc3c(N)ncnc32)C(C)(C)CCC1. The van der Waals surface area contributed by atoms with Crippen molar-refractivity contribution in [2.24, 2.45) is 5.41 Å². The van der Waals surface area contributed by atoms with Gasteiger partial charge in [0.25, 0.3) is 0 Å². The van der Waals surface area contributed by atoms with Crippen LogP contribution in [0.3, 0.4) is 0 Å². The van der Waals surface area contributed by atoms with E-state index in [-0.39, 0.29) is 82.2 Å². The summed E-state index contributed by atoms with van der Waals surface area (Å²) >= 11 is 0. The number of nitrogens with zero attached hydrogens (tertiary/aromatic N) is 12. The number of aromatic nitrogens is 12. The minimum absolute atomic E-state index is 0.0103. The second-order valence-electron chi connectivity index (χ2n) is 22.6. The van der Waals surface area contributed by atoms with E-state index in [1.54, 1.807) is 6.08 Å². The summed E-state index contributed by atoms with van der Waals surface area (Å²) in [6.45, 7) is 8.60. The third-order valence-electron chi connectivity index (χ3n) is 15.4. The van der Waals surface area contributed by atoms with Gasteiger partial charge in [-0.15, -0.1) is 0 Å². The molecule has 1 aliphatic carbocycles. The van der Waals surface area contributed by atoms with Crippen LogP contribution in [0.25, 0.3) is 33.5 Å². The fourth-order valence-electron chi connectivity index (χ4n) is 11.0. The number of carbonyl (C=O) groups is 2. The van der Waals surface area contributed by atoms with Gasteiger partial charge in [0, 0.05) is 19.3 Å². The highest BCUT2D eigenvalue weighted by Gasteiger charge is 2.48. The highest BCUT2D eigenvalue weighted by molar-refractivity contribution is 7.48. The Morgan fingerprint density at radius 3 is 1.57 bits per heavy atom. The second-order valence-corrected chi connectivity index (χ2v) is 26.8. The molecule has 0 amide bonds. The molecule has 0 saturated carbocycles. The third kappa shape index (κ3) is 16.2. The first-order valence-corrected chi connectivity index (χ1v) is 33.2. The summed E-state index contributed by atoms with van der Waals surface area (Å²) in [5.74, 6) is -2.03. The third-order valence-corrected chi connectivity index (χ3v) is 18.4. The average molecular weight is 1330 g/mol. The number of aliphatic hydroxyl groups excluding tert-OH is 1. The van der Waals surface area contributed by atoms with E-state index in [1.807, 2.05) is 32.1 Å². The topological polar surface area (TPSA) is 467 Å². The maximum Gasteiger partial charge on any atom is 0.530 e. The molecule has 0 radical (unpaired) electrons. The Labute approximate surface area is 519 Å². The molecule has 0 aromatic carbocycles. The largest absolute Gasteiger partial charge is 0.530 e. The lowest BCUT2D eigenvalue weighted by atomic mass is 9.72. The molecule has 3 unspecified atom stereocenters. The Hall–Kier alpha value is -7.10. The molecular formula is C54H70N15O19P3. The average Bonchev–Trinajstić information content (AvgIpc) is 1.65. The van der Waals surface area contributed by atoms with E-state index >= 15 is 0 Å². The number of imidazole rings is 3. The molecule has 0 bridgehead atoms. The monoisotopic (exact) mass is 1330 g/mol. The van der Waals surface area contributed by atoms with Gasteiger partial charge in [-0.3, -0.25) is 50.8 Å². The van der Waals surface area contributed by atoms with E-state index in [4.69, 9.17) is 63.3 Å². The highest BCUT2D eigenvalue weighted by Crippen LogP contribution is 2.54. The number of hydrogen-bond donors (Lipinski definition) is 7. The van der Waals surface area contributed by atoms with Crippen LogP contribution in [0.2, 0.25) is 0 Å². The van der Waals surface area contributed by atoms with Crippen molar-refractivity contribution >= 4 is 86.4 Å². The molecule has 10 rings (SSSR count). The van der Waals surface area contributed by atoms with Gasteiger partial charge in [0.2, 0.25) is 0 Å². The zero-order valence-electron chi connectivity index (χ0n) is 50.0. The number of nitrogens with two attached hydrogens (primary N) is 3. The summed E-state index contributed by atoms with van der Waals surface area (Å²) in [6, 6.07) is 0. The van der Waals surface area contributed by atoms with E-state index in [0.717, 1.165) is 36.6 Å². The maximum atomic E-state index is 14.0. The van der Waals surface area contributed by atoms with E-state index in [2.05, 4.69) is 77.8 Å². The number of aliphatic hydroxyl groups is 1. The quantitative estimate of drug-likeness (QED) is 0.0186. The fourth-order valence-corrected chi connectivity index (χ4v) is 13.9. The molecule has 9 heterocycles. The van der Waals surface area contributed by atoms with E-state index in [0.29, 0.717) is 0 Å². The summed E-state index contributed by atoms with van der Waals surface area (Å²) in [5, 5.41) is 9.96. The maximum absolute atomic E-state index is 14.0. The molecule has 0 spiro atoms. The Kier molecular flexibility index (Phi) is 20.6. The number of carbonyl (C=O) groups excluding carboxylic acids is 2. The van der Waals surface area contributed by atoms with Crippen LogP contribution in [0, 0.1) is 5.41 Å². The van der Waals surface area contributed by atoms with Crippen LogP contribution in [-0.2, 0) is 69.4 Å². The fraction of sp³-hybridized carbons (Fsp3) is 0.500. The summed E-state index contributed by atoms with van der Waals surface area (Å²) in [4.78, 5) is 96.1. The standard InChI is InChI=1S/C54H70N15O19P3/c1-30(11-12-36-32(3)10-7-16-54(36,4)5)8-6-9-31(2)15-17-79-40(71)13-14-41(72)88-91(77,78)87-39-20-35(84-53(39)69-29-66-44-47(57)60-26-63-50(44)69)23-81-90(75,76)86-38-19-34(83-52(38)68-28-65-43-46(56)59-25-62-49(43)68)22-80-89(73,74)85-37-18-33(21-70)82-51(37)67-27-64-42-45(55)58-24-61-48(42)67/h6,8-9,11-12,15,24-29,33-35,37-39,51-53,70H,7,10,13-14,16-23H2,1-5H3,(H,73,74)(H,75,76)(H,77,78)(H2,55,58,61)(H2,56,59,62)(H2,57,60,63)/b9-6+,12-11+,30-8+,31-15+/t33-,34-,35-,37+,38+,39+,51+,52+,53+/m0/s1. The van der Waals surface area contributed by atoms with Crippen LogP contribution < -0.4 is 17.2 Å². The molecule has 6 aromatic rings. The van der Waals surface area contributed by atoms with E-state index in [1.165, 1.54) is 56.6 Å². The smallest absolute Gasteiger partial charge is 0.461 e. The number of allylic oxidation sites excluding steroid dienone is 9. The van der Waals surface area contributed by atoms with Gasteiger partial charge >= 0.3 is 35.4 Å². The number of fused-ring (bicyclic) bond motifs is 3. The van der Waals surface area contributed by atoms with Gasteiger partial charge in [-0.2, -0.15) is 0 Å². The molecular weight excluding hydrogens is 1260 g/mol. The molecule has 37 heteroatoms. The Morgan fingerprint density at radius 2 is 1.10 bits per heavy atom. The molecule has 3 saturated heterocycles. The predicted molar refractivity (Wildman–Crippen MR) is 320 cm³/mol. The van der Waals surface area contributed by atoms with Gasteiger partial charge in [0.05, 0.1) is 70.0 Å². The minimum Gasteiger partial charge on any atom is -0.461 e. The lowest BCUT2D eigenvalue weighted by Gasteiger charge is -2.32. The van der Waals surface area contributed by atoms with Crippen LogP contribution in [-0.4, -0.2) is 153 Å². The number of ether oxygens (including phenoxy) is 4. The second kappa shape index (κ2) is 28.0. The van der Waals surface area contributed by atoms with Gasteiger partial charge in [0.1, 0.15) is 60.5 Å². The zero-order valence-corrected chi connectivity index (χ0v) is 52.6. The van der Waals surface area contributed by atoms with Crippen LogP contribution in [0.1, 0.15) is 105 Å². The van der Waals surface area contributed by atoms with Crippen LogP contribution in [0.15, 0.2) is 96.7 Å². The van der Waals surface area contributed by atoms with Crippen LogP contribution in [0.5, 0.6) is 0 Å².